The van der Waals surface area contributed by atoms with Crippen molar-refractivity contribution in [3.8, 4) is 0 Å². The first-order valence-electron chi connectivity index (χ1n) is 7.11. The monoisotopic (exact) mass is 378 g/mol. The Kier molecular flexibility index (Phi) is 5.87. The third kappa shape index (κ3) is 4.89. The second-order valence-corrected chi connectivity index (χ2v) is 5.76. The van der Waals surface area contributed by atoms with Crippen LogP contribution in [-0.4, -0.2) is 11.8 Å². The normalized spacial score (nSPS) is 10.2. The zero-order valence-corrected chi connectivity index (χ0v) is 14.1. The lowest BCUT2D eigenvalue weighted by Crippen LogP contribution is -2.23. The van der Waals surface area contributed by atoms with E-state index >= 15 is 0 Å². The fourth-order valence-corrected chi connectivity index (χ4v) is 2.33. The summed E-state index contributed by atoms with van der Waals surface area (Å²) < 4.78 is 14.0. The van der Waals surface area contributed by atoms with Crippen LogP contribution in [0.25, 0.3) is 0 Å². The Morgan fingerprint density at radius 3 is 2.70 bits per heavy atom. The van der Waals surface area contributed by atoms with Crippen molar-refractivity contribution in [3.63, 3.8) is 0 Å². The lowest BCUT2D eigenvalue weighted by molar-refractivity contribution is -0.115. The minimum atomic E-state index is -0.360. The second kappa shape index (κ2) is 7.87. The third-order valence-electron chi connectivity index (χ3n) is 3.18. The van der Waals surface area contributed by atoms with Gasteiger partial charge in [-0.1, -0.05) is 28.9 Å². The quantitative estimate of drug-likeness (QED) is 0.829. The van der Waals surface area contributed by atoms with E-state index < -0.39 is 0 Å². The molecule has 23 heavy (non-hydrogen) atoms. The molecule has 120 valence electrons. The molecular formula is C17H16BrFN2O2. The Morgan fingerprint density at radius 2 is 1.96 bits per heavy atom. The van der Waals surface area contributed by atoms with Crippen molar-refractivity contribution < 1.29 is 14.0 Å². The molecule has 0 unspecified atom stereocenters. The van der Waals surface area contributed by atoms with Crippen molar-refractivity contribution in [2.75, 3.05) is 5.32 Å². The van der Waals surface area contributed by atoms with Gasteiger partial charge in [-0.3, -0.25) is 9.59 Å². The van der Waals surface area contributed by atoms with Crippen LogP contribution in [0.15, 0.2) is 46.9 Å². The van der Waals surface area contributed by atoms with Gasteiger partial charge in [0.25, 0.3) is 5.91 Å². The summed E-state index contributed by atoms with van der Waals surface area (Å²) in [6.07, 6.45) is 0.365. The van der Waals surface area contributed by atoms with E-state index in [-0.39, 0.29) is 24.2 Å². The van der Waals surface area contributed by atoms with Gasteiger partial charge in [-0.25, -0.2) is 4.39 Å². The maximum atomic E-state index is 13.2. The highest BCUT2D eigenvalue weighted by atomic mass is 79.9. The summed E-state index contributed by atoms with van der Waals surface area (Å²) in [5.74, 6) is -0.776. The largest absolute Gasteiger partial charge is 0.348 e. The standard InChI is InChI=1S/C17H16BrFN2O2/c1-2-16(22)21-14-5-3-4-11(9-14)17(23)20-10-12-8-13(19)6-7-15(12)18/h3-9H,2,10H2,1H3,(H,20,23)(H,21,22). The highest BCUT2D eigenvalue weighted by molar-refractivity contribution is 9.10. The van der Waals surface area contributed by atoms with Crippen molar-refractivity contribution in [1.82, 2.24) is 5.32 Å². The van der Waals surface area contributed by atoms with E-state index in [1.54, 1.807) is 37.3 Å². The van der Waals surface area contributed by atoms with Gasteiger partial charge in [0.15, 0.2) is 0 Å². The van der Waals surface area contributed by atoms with Gasteiger partial charge in [0.2, 0.25) is 5.91 Å². The first-order chi connectivity index (χ1) is 11.0. The van der Waals surface area contributed by atoms with Gasteiger partial charge in [0, 0.05) is 28.7 Å². The molecule has 0 spiro atoms. The van der Waals surface area contributed by atoms with E-state index in [9.17, 15) is 14.0 Å². The number of hydrogen-bond donors (Lipinski definition) is 2. The molecule has 2 aromatic carbocycles. The maximum absolute atomic E-state index is 13.2. The number of carbonyl (C=O) groups is 2. The van der Waals surface area contributed by atoms with Crippen LogP contribution in [0.2, 0.25) is 0 Å². The van der Waals surface area contributed by atoms with Crippen molar-refractivity contribution >= 4 is 33.4 Å². The number of amides is 2. The van der Waals surface area contributed by atoms with Crippen LogP contribution in [0.4, 0.5) is 10.1 Å². The van der Waals surface area contributed by atoms with Crippen LogP contribution in [0, 0.1) is 5.82 Å². The Bertz CT molecular complexity index is 734. The van der Waals surface area contributed by atoms with E-state index in [0.717, 1.165) is 4.47 Å². The molecule has 0 fully saturated rings. The van der Waals surface area contributed by atoms with Crippen LogP contribution in [-0.2, 0) is 11.3 Å². The second-order valence-electron chi connectivity index (χ2n) is 4.90. The number of rotatable bonds is 5. The maximum Gasteiger partial charge on any atom is 0.251 e. The molecular weight excluding hydrogens is 363 g/mol. The smallest absolute Gasteiger partial charge is 0.251 e. The zero-order valence-electron chi connectivity index (χ0n) is 12.5. The summed E-state index contributed by atoms with van der Waals surface area (Å²) in [6.45, 7) is 1.95. The molecule has 0 heterocycles. The average Bonchev–Trinajstić information content (AvgIpc) is 2.55. The molecule has 2 N–H and O–H groups in total. The van der Waals surface area contributed by atoms with Gasteiger partial charge in [-0.2, -0.15) is 0 Å². The third-order valence-corrected chi connectivity index (χ3v) is 3.95. The predicted octanol–water partition coefficient (Wildman–Crippen LogP) is 3.87. The van der Waals surface area contributed by atoms with Gasteiger partial charge in [-0.15, -0.1) is 0 Å². The zero-order chi connectivity index (χ0) is 16.8. The topological polar surface area (TPSA) is 58.2 Å². The van der Waals surface area contributed by atoms with Gasteiger partial charge in [0.05, 0.1) is 0 Å². The summed E-state index contributed by atoms with van der Waals surface area (Å²) in [5, 5.41) is 5.43. The van der Waals surface area contributed by atoms with Crippen LogP contribution in [0.5, 0.6) is 0 Å². The lowest BCUT2D eigenvalue weighted by atomic mass is 10.1. The van der Waals surface area contributed by atoms with E-state index in [0.29, 0.717) is 23.2 Å². The van der Waals surface area contributed by atoms with Crippen LogP contribution >= 0.6 is 15.9 Å². The van der Waals surface area contributed by atoms with Gasteiger partial charge < -0.3 is 10.6 Å². The number of anilines is 1. The molecule has 0 atom stereocenters. The van der Waals surface area contributed by atoms with Crippen molar-refractivity contribution in [1.29, 1.82) is 0 Å². The molecule has 0 saturated heterocycles. The Labute approximate surface area is 142 Å². The van der Waals surface area contributed by atoms with Crippen molar-refractivity contribution in [2.24, 2.45) is 0 Å². The number of halogens is 2. The van der Waals surface area contributed by atoms with E-state index in [1.165, 1.54) is 12.1 Å². The van der Waals surface area contributed by atoms with Crippen molar-refractivity contribution in [3.05, 3.63) is 63.9 Å². The molecule has 6 heteroatoms. The first kappa shape index (κ1) is 17.1. The summed E-state index contributed by atoms with van der Waals surface area (Å²) >= 11 is 3.32. The van der Waals surface area contributed by atoms with Gasteiger partial charge in [0.1, 0.15) is 5.82 Å². The molecule has 0 bridgehead atoms. The summed E-state index contributed by atoms with van der Waals surface area (Å²) in [6, 6.07) is 11.0. The molecule has 4 nitrogen and oxygen atoms in total. The SMILES string of the molecule is CCC(=O)Nc1cccc(C(=O)NCc2cc(F)ccc2Br)c1. The van der Waals surface area contributed by atoms with E-state index in [2.05, 4.69) is 26.6 Å². The fraction of sp³-hybridized carbons (Fsp3) is 0.176. The molecule has 2 amide bonds. The number of benzene rings is 2. The molecule has 0 aliphatic rings. The minimum Gasteiger partial charge on any atom is -0.348 e. The van der Waals surface area contributed by atoms with Gasteiger partial charge >= 0.3 is 0 Å². The van der Waals surface area contributed by atoms with Crippen LogP contribution in [0.1, 0.15) is 29.3 Å². The highest BCUT2D eigenvalue weighted by Crippen LogP contribution is 2.18. The molecule has 0 radical (unpaired) electrons. The molecule has 0 aliphatic heterocycles. The molecule has 0 aliphatic carbocycles. The Morgan fingerprint density at radius 1 is 1.17 bits per heavy atom. The number of hydrogen-bond acceptors (Lipinski definition) is 2. The molecule has 2 rings (SSSR count). The summed E-state index contributed by atoms with van der Waals surface area (Å²) in [5.41, 5.74) is 1.64. The first-order valence-corrected chi connectivity index (χ1v) is 7.91. The summed E-state index contributed by atoms with van der Waals surface area (Å²) in [7, 11) is 0. The average molecular weight is 379 g/mol. The Balaban J connectivity index is 2.04. The summed E-state index contributed by atoms with van der Waals surface area (Å²) in [4.78, 5) is 23.6. The van der Waals surface area contributed by atoms with Crippen LogP contribution in [0.3, 0.4) is 0 Å². The predicted molar refractivity (Wildman–Crippen MR) is 90.6 cm³/mol. The van der Waals surface area contributed by atoms with Gasteiger partial charge in [-0.05, 0) is 42.0 Å². The fourth-order valence-electron chi connectivity index (χ4n) is 1.94. The molecule has 0 aromatic heterocycles. The van der Waals surface area contributed by atoms with E-state index in [1.807, 2.05) is 0 Å². The molecule has 0 saturated carbocycles. The Hall–Kier alpha value is -2.21. The number of carbonyl (C=O) groups excluding carboxylic acids is 2. The minimum absolute atomic E-state index is 0.119. The molecule has 2 aromatic rings. The lowest BCUT2D eigenvalue weighted by Gasteiger charge is -2.09. The van der Waals surface area contributed by atoms with Crippen LogP contribution < -0.4 is 10.6 Å². The number of nitrogens with one attached hydrogen (secondary N) is 2. The van der Waals surface area contributed by atoms with E-state index in [4.69, 9.17) is 0 Å². The highest BCUT2D eigenvalue weighted by Gasteiger charge is 2.09. The van der Waals surface area contributed by atoms with Crippen molar-refractivity contribution in [2.45, 2.75) is 19.9 Å².